The van der Waals surface area contributed by atoms with Gasteiger partial charge in [0.25, 0.3) is 10.0 Å². The first-order valence-corrected chi connectivity index (χ1v) is 8.56. The smallest absolute Gasteiger partial charge is 0.262 e. The first-order valence-electron chi connectivity index (χ1n) is 7.08. The summed E-state index contributed by atoms with van der Waals surface area (Å²) in [4.78, 5) is 0.199. The lowest BCUT2D eigenvalue weighted by Crippen LogP contribution is -2.14. The molecular formula is C15H18N2O4S. The Morgan fingerprint density at radius 2 is 2.18 bits per heavy atom. The van der Waals surface area contributed by atoms with E-state index < -0.39 is 10.0 Å². The fourth-order valence-electron chi connectivity index (χ4n) is 2.30. The van der Waals surface area contributed by atoms with Crippen molar-refractivity contribution in [3.05, 3.63) is 41.3 Å². The summed E-state index contributed by atoms with van der Waals surface area (Å²) in [7, 11) is -2.11. The Balaban J connectivity index is 1.90. The van der Waals surface area contributed by atoms with Crippen LogP contribution in [0.2, 0.25) is 0 Å². The van der Waals surface area contributed by atoms with Gasteiger partial charge in [0.05, 0.1) is 11.5 Å². The Labute approximate surface area is 129 Å². The van der Waals surface area contributed by atoms with Crippen LogP contribution in [0, 0.1) is 6.92 Å². The third-order valence-electron chi connectivity index (χ3n) is 3.59. The van der Waals surface area contributed by atoms with Crippen LogP contribution in [0.5, 0.6) is 0 Å². The van der Waals surface area contributed by atoms with Crippen LogP contribution < -0.4 is 4.72 Å². The van der Waals surface area contributed by atoms with Crippen molar-refractivity contribution in [2.45, 2.75) is 37.2 Å². The predicted molar refractivity (Wildman–Crippen MR) is 81.2 cm³/mol. The van der Waals surface area contributed by atoms with Gasteiger partial charge in [-0.2, -0.15) is 0 Å². The highest BCUT2D eigenvalue weighted by molar-refractivity contribution is 7.92. The van der Waals surface area contributed by atoms with E-state index in [9.17, 15) is 8.42 Å². The Morgan fingerprint density at radius 1 is 1.41 bits per heavy atom. The first kappa shape index (κ1) is 15.1. The fourth-order valence-corrected chi connectivity index (χ4v) is 3.50. The van der Waals surface area contributed by atoms with E-state index in [4.69, 9.17) is 9.26 Å². The number of aromatic nitrogens is 1. The van der Waals surface area contributed by atoms with Gasteiger partial charge in [0, 0.05) is 13.0 Å². The summed E-state index contributed by atoms with van der Waals surface area (Å²) in [6.07, 6.45) is 2.01. The molecule has 7 heteroatoms. The van der Waals surface area contributed by atoms with Gasteiger partial charge in [-0.15, -0.1) is 0 Å². The molecule has 0 unspecified atom stereocenters. The van der Waals surface area contributed by atoms with E-state index in [1.54, 1.807) is 32.2 Å². The van der Waals surface area contributed by atoms with Crippen LogP contribution in [0.15, 0.2) is 33.7 Å². The molecule has 1 N–H and O–H groups in total. The molecule has 0 saturated heterocycles. The van der Waals surface area contributed by atoms with E-state index in [2.05, 4.69) is 9.88 Å². The van der Waals surface area contributed by atoms with Gasteiger partial charge in [-0.05, 0) is 37.5 Å². The lowest BCUT2D eigenvalue weighted by molar-refractivity contribution is 0.184. The Kier molecular flexibility index (Phi) is 3.92. The summed E-state index contributed by atoms with van der Waals surface area (Å²) in [5.41, 5.74) is 1.83. The minimum absolute atomic E-state index is 0.199. The number of sulfonamides is 1. The number of aryl methyl sites for hydroxylation is 1. The van der Waals surface area contributed by atoms with Crippen molar-refractivity contribution in [2.24, 2.45) is 0 Å². The third kappa shape index (κ3) is 3.00. The fraction of sp³-hybridized carbons (Fsp3) is 0.400. The van der Waals surface area contributed by atoms with Crippen LogP contribution in [0.25, 0.3) is 0 Å². The second-order valence-corrected chi connectivity index (χ2v) is 7.15. The monoisotopic (exact) mass is 322 g/mol. The number of ether oxygens (including phenoxy) is 1. The number of hydrogen-bond donors (Lipinski definition) is 1. The predicted octanol–water partition coefficient (Wildman–Crippen LogP) is 2.81. The number of methoxy groups -OCH3 is 1. The minimum atomic E-state index is -3.68. The van der Waals surface area contributed by atoms with Gasteiger partial charge in [0.15, 0.2) is 5.76 Å². The highest BCUT2D eigenvalue weighted by atomic mass is 32.2. The van der Waals surface area contributed by atoms with Crippen molar-refractivity contribution in [3.63, 3.8) is 0 Å². The standard InChI is InChI=1S/C15H18N2O4S/c1-10-14(15(21-16-10)12-6-7-12)17-22(18,19)13-5-3-4-11(8-13)9-20-2/h3-5,8,12,17H,6-7,9H2,1-2H3. The summed E-state index contributed by atoms with van der Waals surface area (Å²) < 4.78 is 38.1. The second-order valence-electron chi connectivity index (χ2n) is 5.47. The molecule has 1 aliphatic rings. The maximum Gasteiger partial charge on any atom is 0.262 e. The van der Waals surface area contributed by atoms with E-state index in [1.807, 2.05) is 6.07 Å². The van der Waals surface area contributed by atoms with Crippen LogP contribution in [-0.2, 0) is 21.4 Å². The number of hydrogen-bond acceptors (Lipinski definition) is 5. The molecule has 0 amide bonds. The van der Waals surface area contributed by atoms with Gasteiger partial charge in [-0.1, -0.05) is 17.3 Å². The number of rotatable bonds is 6. The van der Waals surface area contributed by atoms with Crippen molar-refractivity contribution >= 4 is 15.7 Å². The maximum absolute atomic E-state index is 12.6. The number of anilines is 1. The molecule has 118 valence electrons. The zero-order valence-electron chi connectivity index (χ0n) is 12.5. The van der Waals surface area contributed by atoms with Crippen molar-refractivity contribution in [3.8, 4) is 0 Å². The molecule has 1 aromatic heterocycles. The van der Waals surface area contributed by atoms with Gasteiger partial charge >= 0.3 is 0 Å². The molecular weight excluding hydrogens is 304 g/mol. The molecule has 3 rings (SSSR count). The maximum atomic E-state index is 12.6. The third-order valence-corrected chi connectivity index (χ3v) is 4.94. The lowest BCUT2D eigenvalue weighted by atomic mass is 10.2. The van der Waals surface area contributed by atoms with Crippen LogP contribution in [0.1, 0.15) is 35.8 Å². The molecule has 0 radical (unpaired) electrons. The molecule has 0 atom stereocenters. The topological polar surface area (TPSA) is 81.4 Å². The van der Waals surface area contributed by atoms with Crippen LogP contribution in [0.4, 0.5) is 5.69 Å². The normalized spacial score (nSPS) is 15.0. The zero-order chi connectivity index (χ0) is 15.7. The zero-order valence-corrected chi connectivity index (χ0v) is 13.3. The van der Waals surface area contributed by atoms with E-state index in [1.165, 1.54) is 0 Å². The summed E-state index contributed by atoms with van der Waals surface area (Å²) in [6, 6.07) is 6.68. The van der Waals surface area contributed by atoms with Crippen LogP contribution >= 0.6 is 0 Å². The molecule has 1 fully saturated rings. The average Bonchev–Trinajstić information content (AvgIpc) is 3.26. The molecule has 1 saturated carbocycles. The number of nitrogens with zero attached hydrogens (tertiary/aromatic N) is 1. The SMILES string of the molecule is COCc1cccc(S(=O)(=O)Nc2c(C)noc2C2CC2)c1. The molecule has 1 heterocycles. The quantitative estimate of drug-likeness (QED) is 0.884. The number of nitrogens with one attached hydrogen (secondary N) is 1. The summed E-state index contributed by atoms with van der Waals surface area (Å²) in [6.45, 7) is 2.09. The number of benzene rings is 1. The first-order chi connectivity index (χ1) is 10.5. The molecule has 0 spiro atoms. The van der Waals surface area contributed by atoms with Gasteiger partial charge in [0.1, 0.15) is 11.4 Å². The minimum Gasteiger partial charge on any atom is -0.380 e. The largest absolute Gasteiger partial charge is 0.380 e. The Morgan fingerprint density at radius 3 is 2.86 bits per heavy atom. The average molecular weight is 322 g/mol. The summed E-state index contributed by atoms with van der Waals surface area (Å²) in [5.74, 6) is 0.910. The van der Waals surface area contributed by atoms with Gasteiger partial charge < -0.3 is 9.26 Å². The van der Waals surface area contributed by atoms with Gasteiger partial charge in [-0.25, -0.2) is 8.42 Å². The van der Waals surface area contributed by atoms with Crippen LogP contribution in [-0.4, -0.2) is 20.7 Å². The highest BCUT2D eigenvalue weighted by Gasteiger charge is 2.33. The molecule has 0 aliphatic heterocycles. The van der Waals surface area contributed by atoms with Crippen LogP contribution in [0.3, 0.4) is 0 Å². The molecule has 2 aromatic rings. The van der Waals surface area contributed by atoms with E-state index in [-0.39, 0.29) is 10.8 Å². The van der Waals surface area contributed by atoms with Crippen molar-refractivity contribution in [1.82, 2.24) is 5.16 Å². The van der Waals surface area contributed by atoms with Crippen molar-refractivity contribution in [1.29, 1.82) is 0 Å². The molecule has 6 nitrogen and oxygen atoms in total. The molecule has 1 aromatic carbocycles. The Hall–Kier alpha value is -1.86. The van der Waals surface area contributed by atoms with Gasteiger partial charge in [-0.3, -0.25) is 4.72 Å². The molecule has 0 bridgehead atoms. The van der Waals surface area contributed by atoms with E-state index in [0.717, 1.165) is 18.4 Å². The Bertz CT molecular complexity index is 779. The highest BCUT2D eigenvalue weighted by Crippen LogP contribution is 2.44. The van der Waals surface area contributed by atoms with Gasteiger partial charge in [0.2, 0.25) is 0 Å². The van der Waals surface area contributed by atoms with Crippen molar-refractivity contribution in [2.75, 3.05) is 11.8 Å². The van der Waals surface area contributed by atoms with Crippen molar-refractivity contribution < 1.29 is 17.7 Å². The van der Waals surface area contributed by atoms with E-state index in [0.29, 0.717) is 23.7 Å². The summed E-state index contributed by atoms with van der Waals surface area (Å²) >= 11 is 0. The lowest BCUT2D eigenvalue weighted by Gasteiger charge is -2.09. The second kappa shape index (κ2) is 5.73. The molecule has 1 aliphatic carbocycles. The molecule has 22 heavy (non-hydrogen) atoms. The van der Waals surface area contributed by atoms with E-state index >= 15 is 0 Å². The summed E-state index contributed by atoms with van der Waals surface area (Å²) in [5, 5.41) is 3.88.